The van der Waals surface area contributed by atoms with Crippen molar-refractivity contribution in [1.29, 1.82) is 0 Å². The predicted molar refractivity (Wildman–Crippen MR) is 123 cm³/mol. The molecule has 0 spiro atoms. The van der Waals surface area contributed by atoms with Gasteiger partial charge in [0.15, 0.2) is 0 Å². The number of carbonyl (C=O) groups is 1. The average Bonchev–Trinajstić information content (AvgIpc) is 3.12. The molecule has 1 N–H and O–H groups in total. The minimum Gasteiger partial charge on any atom is -0.497 e. The van der Waals surface area contributed by atoms with Gasteiger partial charge in [-0.2, -0.15) is 0 Å². The molecule has 164 valence electrons. The first-order chi connectivity index (χ1) is 15.1. The molecule has 1 unspecified atom stereocenters. The molecule has 2 heterocycles. The first-order valence-corrected chi connectivity index (χ1v) is 11.1. The van der Waals surface area contributed by atoms with Crippen LogP contribution in [0.5, 0.6) is 5.75 Å². The number of aryl methyl sites for hydroxylation is 1. The first kappa shape index (κ1) is 21.4. The average molecular weight is 421 g/mol. The van der Waals surface area contributed by atoms with Gasteiger partial charge in [-0.1, -0.05) is 24.3 Å². The molecule has 1 saturated heterocycles. The second kappa shape index (κ2) is 9.96. The number of amides is 1. The minimum atomic E-state index is 0.121. The van der Waals surface area contributed by atoms with E-state index in [1.165, 1.54) is 18.4 Å². The van der Waals surface area contributed by atoms with Gasteiger partial charge in [0.05, 0.1) is 24.7 Å². The van der Waals surface area contributed by atoms with Gasteiger partial charge in [0, 0.05) is 26.6 Å². The summed E-state index contributed by atoms with van der Waals surface area (Å²) in [6, 6.07) is 16.1. The van der Waals surface area contributed by atoms with E-state index in [1.54, 1.807) is 7.11 Å². The van der Waals surface area contributed by atoms with Gasteiger partial charge in [-0.25, -0.2) is 4.98 Å². The van der Waals surface area contributed by atoms with Gasteiger partial charge in [0.2, 0.25) is 5.91 Å². The number of hydrogen-bond acceptors (Lipinski definition) is 4. The van der Waals surface area contributed by atoms with E-state index in [2.05, 4.69) is 40.0 Å². The van der Waals surface area contributed by atoms with Crippen LogP contribution in [-0.2, 0) is 24.9 Å². The van der Waals surface area contributed by atoms with Crippen LogP contribution in [0.15, 0.2) is 48.5 Å². The molecule has 0 aliphatic carbocycles. The van der Waals surface area contributed by atoms with Gasteiger partial charge in [-0.3, -0.25) is 9.69 Å². The number of ether oxygens (including phenoxy) is 1. The number of nitrogens with zero attached hydrogens (tertiary/aromatic N) is 3. The van der Waals surface area contributed by atoms with Crippen molar-refractivity contribution >= 4 is 16.9 Å². The maximum atomic E-state index is 12.4. The summed E-state index contributed by atoms with van der Waals surface area (Å²) >= 11 is 0. The summed E-state index contributed by atoms with van der Waals surface area (Å²) in [4.78, 5) is 19.7. The Balaban J connectivity index is 1.24. The fourth-order valence-corrected chi connectivity index (χ4v) is 4.47. The maximum absolute atomic E-state index is 12.4. The Hall–Kier alpha value is -2.86. The third kappa shape index (κ3) is 5.44. The monoisotopic (exact) mass is 420 g/mol. The van der Waals surface area contributed by atoms with E-state index in [4.69, 9.17) is 9.72 Å². The summed E-state index contributed by atoms with van der Waals surface area (Å²) in [6.45, 7) is 3.54. The highest BCUT2D eigenvalue weighted by atomic mass is 16.5. The van der Waals surface area contributed by atoms with Crippen molar-refractivity contribution < 1.29 is 9.53 Å². The quantitative estimate of drug-likeness (QED) is 0.601. The van der Waals surface area contributed by atoms with Gasteiger partial charge in [-0.05, 0) is 61.6 Å². The number of likely N-dealkylation sites (tertiary alicyclic amines) is 1. The summed E-state index contributed by atoms with van der Waals surface area (Å²) < 4.78 is 7.44. The van der Waals surface area contributed by atoms with Crippen molar-refractivity contribution in [2.24, 2.45) is 13.0 Å². The number of fused-ring (bicyclic) bond motifs is 1. The molecular weight excluding hydrogens is 388 g/mol. The highest BCUT2D eigenvalue weighted by Gasteiger charge is 2.22. The number of imidazole rings is 1. The summed E-state index contributed by atoms with van der Waals surface area (Å²) in [5, 5.41) is 3.04. The Bertz CT molecular complexity index is 1030. The van der Waals surface area contributed by atoms with Crippen LogP contribution >= 0.6 is 0 Å². The van der Waals surface area contributed by atoms with E-state index >= 15 is 0 Å². The third-order valence-corrected chi connectivity index (χ3v) is 6.25. The molecule has 0 bridgehead atoms. The lowest BCUT2D eigenvalue weighted by molar-refractivity contribution is -0.121. The number of carbonyl (C=O) groups excluding carboxylic acids is 1. The van der Waals surface area contributed by atoms with Crippen molar-refractivity contribution in [3.63, 3.8) is 0 Å². The minimum absolute atomic E-state index is 0.121. The van der Waals surface area contributed by atoms with Crippen LogP contribution in [0.2, 0.25) is 0 Å². The maximum Gasteiger partial charge on any atom is 0.220 e. The van der Waals surface area contributed by atoms with E-state index in [0.29, 0.717) is 18.9 Å². The van der Waals surface area contributed by atoms with E-state index in [9.17, 15) is 4.79 Å². The number of nitrogens with one attached hydrogen (secondary N) is 1. The van der Waals surface area contributed by atoms with Gasteiger partial charge in [0.1, 0.15) is 11.6 Å². The molecule has 1 aliphatic heterocycles. The van der Waals surface area contributed by atoms with Crippen LogP contribution in [0.4, 0.5) is 0 Å². The zero-order valence-corrected chi connectivity index (χ0v) is 18.5. The fourth-order valence-electron chi connectivity index (χ4n) is 4.47. The van der Waals surface area contributed by atoms with E-state index < -0.39 is 0 Å². The first-order valence-electron chi connectivity index (χ1n) is 11.1. The van der Waals surface area contributed by atoms with Crippen molar-refractivity contribution in [2.45, 2.75) is 38.8 Å². The normalized spacial score (nSPS) is 17.0. The van der Waals surface area contributed by atoms with Crippen molar-refractivity contribution in [1.82, 2.24) is 19.8 Å². The van der Waals surface area contributed by atoms with Gasteiger partial charge >= 0.3 is 0 Å². The van der Waals surface area contributed by atoms with E-state index in [0.717, 1.165) is 48.7 Å². The lowest BCUT2D eigenvalue weighted by atomic mass is 9.93. The van der Waals surface area contributed by atoms with Crippen LogP contribution in [0.1, 0.15) is 37.1 Å². The van der Waals surface area contributed by atoms with Gasteiger partial charge in [0.25, 0.3) is 0 Å². The van der Waals surface area contributed by atoms with Gasteiger partial charge < -0.3 is 14.6 Å². The molecule has 2 aromatic carbocycles. The number of benzene rings is 2. The number of aromatic nitrogens is 2. The zero-order valence-electron chi connectivity index (χ0n) is 18.5. The fraction of sp³-hybridized carbons (Fsp3) is 0.440. The molecule has 1 amide bonds. The van der Waals surface area contributed by atoms with Crippen LogP contribution < -0.4 is 10.1 Å². The topological polar surface area (TPSA) is 59.4 Å². The lowest BCUT2D eigenvalue weighted by Gasteiger charge is -2.32. The molecule has 0 saturated carbocycles. The molecule has 0 radical (unpaired) electrons. The van der Waals surface area contributed by atoms with Crippen LogP contribution in [0.3, 0.4) is 0 Å². The Morgan fingerprint density at radius 1 is 1.23 bits per heavy atom. The smallest absolute Gasteiger partial charge is 0.220 e. The van der Waals surface area contributed by atoms with Crippen molar-refractivity contribution in [2.75, 3.05) is 20.2 Å². The molecule has 1 fully saturated rings. The second-order valence-corrected chi connectivity index (χ2v) is 8.49. The van der Waals surface area contributed by atoms with Crippen molar-refractivity contribution in [3.8, 4) is 5.75 Å². The van der Waals surface area contributed by atoms with E-state index in [1.807, 2.05) is 30.3 Å². The number of methoxy groups -OCH3 is 1. The lowest BCUT2D eigenvalue weighted by Crippen LogP contribution is -2.36. The molecular formula is C25H32N4O2. The predicted octanol–water partition coefficient (Wildman–Crippen LogP) is 3.89. The highest BCUT2D eigenvalue weighted by Crippen LogP contribution is 2.23. The molecule has 6 heteroatoms. The summed E-state index contributed by atoms with van der Waals surface area (Å²) in [7, 11) is 3.75. The van der Waals surface area contributed by atoms with E-state index in [-0.39, 0.29) is 5.91 Å². The largest absolute Gasteiger partial charge is 0.497 e. The zero-order chi connectivity index (χ0) is 21.6. The number of rotatable bonds is 8. The van der Waals surface area contributed by atoms with Crippen LogP contribution in [-0.4, -0.2) is 40.6 Å². The van der Waals surface area contributed by atoms with Crippen LogP contribution in [0, 0.1) is 5.92 Å². The molecule has 4 rings (SSSR count). The number of piperidine rings is 1. The molecule has 31 heavy (non-hydrogen) atoms. The summed E-state index contributed by atoms with van der Waals surface area (Å²) in [5.74, 6) is 2.61. The summed E-state index contributed by atoms with van der Waals surface area (Å²) in [5.41, 5.74) is 3.29. The Labute approximate surface area is 184 Å². The Kier molecular flexibility index (Phi) is 6.87. The second-order valence-electron chi connectivity index (χ2n) is 8.49. The molecule has 1 aromatic heterocycles. The van der Waals surface area contributed by atoms with Crippen molar-refractivity contribution in [3.05, 3.63) is 59.9 Å². The number of hydrogen-bond donors (Lipinski definition) is 1. The number of para-hydroxylation sites is 2. The molecule has 1 atom stereocenters. The molecule has 3 aromatic rings. The SMILES string of the molecule is COc1cccc(CNC(=O)CCC2CCCN(Cc3nc4ccccc4n3C)C2)c1. The molecule has 1 aliphatic rings. The molecule has 6 nitrogen and oxygen atoms in total. The van der Waals surface area contributed by atoms with Gasteiger partial charge in [-0.15, -0.1) is 0 Å². The Morgan fingerprint density at radius 2 is 2.10 bits per heavy atom. The Morgan fingerprint density at radius 3 is 2.94 bits per heavy atom. The third-order valence-electron chi connectivity index (χ3n) is 6.25. The highest BCUT2D eigenvalue weighted by molar-refractivity contribution is 5.76. The summed E-state index contributed by atoms with van der Waals surface area (Å²) in [6.07, 6.45) is 3.89. The standard InChI is InChI=1S/C25H32N4O2/c1-28-23-11-4-3-10-22(23)27-24(28)18-29-14-6-8-19(17-29)12-13-25(30)26-16-20-7-5-9-21(15-20)31-2/h3-5,7,9-11,15,19H,6,8,12-14,16-18H2,1-2H3,(H,26,30). The van der Waals surface area contributed by atoms with Crippen LogP contribution in [0.25, 0.3) is 11.0 Å².